The van der Waals surface area contributed by atoms with Crippen LogP contribution in [0.15, 0.2) is 36.4 Å². The van der Waals surface area contributed by atoms with Crippen LogP contribution >= 0.6 is 0 Å². The first kappa shape index (κ1) is 16.6. The van der Waals surface area contributed by atoms with Gasteiger partial charge in [-0.2, -0.15) is 5.26 Å². The number of carbonyl (C=O) groups is 1. The molecule has 0 bridgehead atoms. The number of rotatable bonds is 5. The number of ether oxygens (including phenoxy) is 2. The second kappa shape index (κ2) is 6.97. The van der Waals surface area contributed by atoms with E-state index in [9.17, 15) is 4.79 Å². The highest BCUT2D eigenvalue weighted by molar-refractivity contribution is 5.99. The monoisotopic (exact) mass is 309 g/mol. The summed E-state index contributed by atoms with van der Waals surface area (Å²) in [5.74, 6) is 0.777. The van der Waals surface area contributed by atoms with Crippen LogP contribution in [0.25, 0.3) is 0 Å². The Kier molecular flexibility index (Phi) is 5.02. The Hall–Kier alpha value is -2.80. The number of nitrogens with zero attached hydrogens (tertiary/aromatic N) is 1. The van der Waals surface area contributed by atoms with E-state index in [-0.39, 0.29) is 5.78 Å². The van der Waals surface area contributed by atoms with Crippen LogP contribution in [0.3, 0.4) is 0 Å². The smallest absolute Gasteiger partial charge is 0.203 e. The molecule has 0 aliphatic carbocycles. The Bertz CT molecular complexity index is 775. The molecule has 23 heavy (non-hydrogen) atoms. The molecule has 2 aromatic carbocycles. The molecule has 0 radical (unpaired) electrons. The molecule has 0 amide bonds. The Morgan fingerprint density at radius 3 is 2.43 bits per heavy atom. The third kappa shape index (κ3) is 3.70. The minimum atomic E-state index is -0.654. The quantitative estimate of drug-likeness (QED) is 0.787. The van der Waals surface area contributed by atoms with Gasteiger partial charge in [-0.15, -0.1) is 0 Å². The number of hydrogen-bond acceptors (Lipinski definition) is 4. The highest BCUT2D eigenvalue weighted by Gasteiger charge is 2.19. The lowest BCUT2D eigenvalue weighted by atomic mass is 10.0. The van der Waals surface area contributed by atoms with Crippen molar-refractivity contribution < 1.29 is 14.3 Å². The Morgan fingerprint density at radius 1 is 1.09 bits per heavy atom. The Labute approximate surface area is 136 Å². The number of aryl methyl sites for hydroxylation is 2. The van der Waals surface area contributed by atoms with Gasteiger partial charge in [-0.3, -0.25) is 4.79 Å². The third-order valence-corrected chi connectivity index (χ3v) is 3.76. The first-order valence-electron chi connectivity index (χ1n) is 7.32. The van der Waals surface area contributed by atoms with Crippen LogP contribution in [-0.4, -0.2) is 19.0 Å². The number of nitriles is 1. The van der Waals surface area contributed by atoms with E-state index in [4.69, 9.17) is 14.7 Å². The summed E-state index contributed by atoms with van der Waals surface area (Å²) in [5, 5.41) is 8.92. The Morgan fingerprint density at radius 2 is 1.83 bits per heavy atom. The lowest BCUT2D eigenvalue weighted by Crippen LogP contribution is -2.24. The maximum Gasteiger partial charge on any atom is 0.203 e. The summed E-state index contributed by atoms with van der Waals surface area (Å²) in [6, 6.07) is 12.5. The number of hydrogen-bond donors (Lipinski definition) is 0. The van der Waals surface area contributed by atoms with Crippen molar-refractivity contribution >= 4 is 5.78 Å². The molecule has 4 heteroatoms. The number of benzene rings is 2. The Balaban J connectivity index is 2.21. The fraction of sp³-hybridized carbons (Fsp3) is 0.263. The number of Topliss-reactive ketones (excluding diaryl/α,β-unsaturated/α-hetero) is 1. The van der Waals surface area contributed by atoms with E-state index in [1.54, 1.807) is 31.2 Å². The maximum absolute atomic E-state index is 12.5. The predicted octanol–water partition coefficient (Wildman–Crippen LogP) is 3.83. The van der Waals surface area contributed by atoms with Crippen molar-refractivity contribution in [3.05, 3.63) is 58.7 Å². The first-order chi connectivity index (χ1) is 11.0. The van der Waals surface area contributed by atoms with E-state index < -0.39 is 6.10 Å². The summed E-state index contributed by atoms with van der Waals surface area (Å²) in [6.45, 7) is 5.68. The number of methoxy groups -OCH3 is 1. The molecule has 2 rings (SSSR count). The molecule has 0 spiro atoms. The van der Waals surface area contributed by atoms with Gasteiger partial charge in [0.05, 0.1) is 18.7 Å². The molecule has 0 unspecified atom stereocenters. The van der Waals surface area contributed by atoms with E-state index in [1.807, 2.05) is 32.0 Å². The molecule has 4 nitrogen and oxygen atoms in total. The molecular weight excluding hydrogens is 290 g/mol. The van der Waals surface area contributed by atoms with E-state index in [0.29, 0.717) is 22.6 Å². The zero-order chi connectivity index (χ0) is 17.0. The van der Waals surface area contributed by atoms with Gasteiger partial charge in [0.15, 0.2) is 17.6 Å². The normalized spacial score (nSPS) is 11.4. The van der Waals surface area contributed by atoms with Gasteiger partial charge in [0.2, 0.25) is 5.78 Å². The fourth-order valence-corrected chi connectivity index (χ4v) is 2.21. The molecule has 118 valence electrons. The molecule has 0 saturated carbocycles. The van der Waals surface area contributed by atoms with Gasteiger partial charge in [0.25, 0.3) is 0 Å². The molecule has 1 atom stereocenters. The predicted molar refractivity (Wildman–Crippen MR) is 88.0 cm³/mol. The van der Waals surface area contributed by atoms with Crippen LogP contribution in [0, 0.1) is 25.2 Å². The van der Waals surface area contributed by atoms with Gasteiger partial charge in [-0.05, 0) is 50.1 Å². The topological polar surface area (TPSA) is 59.3 Å². The largest absolute Gasteiger partial charge is 0.493 e. The summed E-state index contributed by atoms with van der Waals surface area (Å²) >= 11 is 0. The van der Waals surface area contributed by atoms with Crippen molar-refractivity contribution in [1.82, 2.24) is 0 Å². The zero-order valence-corrected chi connectivity index (χ0v) is 13.7. The van der Waals surface area contributed by atoms with Crippen LogP contribution in [0.5, 0.6) is 11.5 Å². The van der Waals surface area contributed by atoms with Crippen molar-refractivity contribution in [1.29, 1.82) is 5.26 Å². The molecule has 0 N–H and O–H groups in total. The van der Waals surface area contributed by atoms with Crippen LogP contribution in [0.4, 0.5) is 0 Å². The molecule has 0 heterocycles. The van der Waals surface area contributed by atoms with Crippen molar-refractivity contribution in [2.75, 3.05) is 7.11 Å². The SMILES string of the molecule is COc1cc(C#N)ccc1O[C@H](C)C(=O)c1ccc(C)c(C)c1. The molecular formula is C19H19NO3. The fourth-order valence-electron chi connectivity index (χ4n) is 2.21. The standard InChI is InChI=1S/C19H19NO3/c1-12-5-7-16(9-13(12)2)19(21)14(3)23-17-8-6-15(11-20)10-18(17)22-4/h5-10,14H,1-4H3/t14-/m1/s1. The van der Waals surface area contributed by atoms with Crippen LogP contribution < -0.4 is 9.47 Å². The lowest BCUT2D eigenvalue weighted by Gasteiger charge is -2.16. The van der Waals surface area contributed by atoms with E-state index >= 15 is 0 Å². The highest BCUT2D eigenvalue weighted by Crippen LogP contribution is 2.29. The van der Waals surface area contributed by atoms with Crippen LogP contribution in [0.1, 0.15) is 34.0 Å². The minimum Gasteiger partial charge on any atom is -0.493 e. The molecule has 0 aliphatic heterocycles. The van der Waals surface area contributed by atoms with Gasteiger partial charge < -0.3 is 9.47 Å². The van der Waals surface area contributed by atoms with E-state index in [1.165, 1.54) is 7.11 Å². The molecule has 2 aromatic rings. The second-order valence-electron chi connectivity index (χ2n) is 5.40. The summed E-state index contributed by atoms with van der Waals surface area (Å²) in [7, 11) is 1.50. The average molecular weight is 309 g/mol. The average Bonchev–Trinajstić information content (AvgIpc) is 2.56. The van der Waals surface area contributed by atoms with Crippen molar-refractivity contribution in [3.63, 3.8) is 0 Å². The van der Waals surface area contributed by atoms with Crippen LogP contribution in [-0.2, 0) is 0 Å². The third-order valence-electron chi connectivity index (χ3n) is 3.76. The first-order valence-corrected chi connectivity index (χ1v) is 7.32. The second-order valence-corrected chi connectivity index (χ2v) is 5.40. The summed E-state index contributed by atoms with van der Waals surface area (Å²) in [5.41, 5.74) is 3.30. The van der Waals surface area contributed by atoms with Gasteiger partial charge in [-0.25, -0.2) is 0 Å². The molecule has 0 aromatic heterocycles. The summed E-state index contributed by atoms with van der Waals surface area (Å²) in [4.78, 5) is 12.5. The number of ketones is 1. The molecule has 0 fully saturated rings. The van der Waals surface area contributed by atoms with Gasteiger partial charge in [-0.1, -0.05) is 12.1 Å². The minimum absolute atomic E-state index is 0.0977. The lowest BCUT2D eigenvalue weighted by molar-refractivity contribution is 0.0814. The van der Waals surface area contributed by atoms with Gasteiger partial charge in [0, 0.05) is 11.6 Å². The maximum atomic E-state index is 12.5. The zero-order valence-electron chi connectivity index (χ0n) is 13.7. The van der Waals surface area contributed by atoms with Gasteiger partial charge in [0.1, 0.15) is 0 Å². The molecule has 0 aliphatic rings. The van der Waals surface area contributed by atoms with Crippen LogP contribution in [0.2, 0.25) is 0 Å². The summed E-state index contributed by atoms with van der Waals surface area (Å²) in [6.07, 6.45) is -0.654. The molecule has 0 saturated heterocycles. The number of carbonyl (C=O) groups excluding carboxylic acids is 1. The summed E-state index contributed by atoms with van der Waals surface area (Å²) < 4.78 is 11.0. The van der Waals surface area contributed by atoms with Crippen molar-refractivity contribution in [2.24, 2.45) is 0 Å². The van der Waals surface area contributed by atoms with Crippen molar-refractivity contribution in [3.8, 4) is 17.6 Å². The van der Waals surface area contributed by atoms with Gasteiger partial charge >= 0.3 is 0 Å². The highest BCUT2D eigenvalue weighted by atomic mass is 16.5. The van der Waals surface area contributed by atoms with Crippen molar-refractivity contribution in [2.45, 2.75) is 26.9 Å². The van der Waals surface area contributed by atoms with E-state index in [0.717, 1.165) is 11.1 Å². The van der Waals surface area contributed by atoms with E-state index in [2.05, 4.69) is 0 Å².